The zero-order chi connectivity index (χ0) is 12.3. The molecule has 0 bridgehead atoms. The summed E-state index contributed by atoms with van der Waals surface area (Å²) in [5.41, 5.74) is 2.54. The van der Waals surface area contributed by atoms with E-state index in [4.69, 9.17) is 9.47 Å². The minimum atomic E-state index is 0.0804. The van der Waals surface area contributed by atoms with E-state index >= 15 is 0 Å². The van der Waals surface area contributed by atoms with Crippen LogP contribution in [-0.2, 0) is 16.9 Å². The third kappa shape index (κ3) is 2.61. The molecule has 1 aromatic carbocycles. The number of benzene rings is 1. The molecular weight excluding hydrogens is 214 g/mol. The minimum Gasteiger partial charge on any atom is -0.497 e. The van der Waals surface area contributed by atoms with Gasteiger partial charge in [-0.15, -0.1) is 0 Å². The first kappa shape index (κ1) is 12.4. The highest BCUT2D eigenvalue weighted by molar-refractivity contribution is 5.38. The van der Waals surface area contributed by atoms with E-state index < -0.39 is 0 Å². The number of hydrogen-bond donors (Lipinski definition) is 1. The Labute approximate surface area is 103 Å². The molecule has 3 heteroatoms. The molecule has 1 saturated heterocycles. The van der Waals surface area contributed by atoms with Gasteiger partial charge in [0.15, 0.2) is 0 Å². The second kappa shape index (κ2) is 5.07. The lowest BCUT2D eigenvalue weighted by molar-refractivity contribution is 0.184. The average molecular weight is 235 g/mol. The number of methoxy groups -OCH3 is 2. The lowest BCUT2D eigenvalue weighted by atomic mass is 9.89. The summed E-state index contributed by atoms with van der Waals surface area (Å²) in [5.74, 6) is 0.907. The van der Waals surface area contributed by atoms with E-state index in [2.05, 4.69) is 24.4 Å². The molecule has 1 aliphatic rings. The van der Waals surface area contributed by atoms with Gasteiger partial charge in [0.25, 0.3) is 0 Å². The molecule has 0 spiro atoms. The van der Waals surface area contributed by atoms with Crippen molar-refractivity contribution in [2.24, 2.45) is 0 Å². The SMILES string of the molecule is COCc1cc(OC)cc(C2(C)CCCN2)c1. The van der Waals surface area contributed by atoms with Crippen molar-refractivity contribution >= 4 is 0 Å². The molecule has 1 aliphatic heterocycles. The van der Waals surface area contributed by atoms with Crippen LogP contribution < -0.4 is 10.1 Å². The van der Waals surface area contributed by atoms with E-state index in [9.17, 15) is 0 Å². The topological polar surface area (TPSA) is 30.5 Å². The summed E-state index contributed by atoms with van der Waals surface area (Å²) in [5, 5.41) is 3.57. The lowest BCUT2D eigenvalue weighted by Crippen LogP contribution is -2.33. The molecule has 1 unspecified atom stereocenters. The van der Waals surface area contributed by atoms with Gasteiger partial charge in [0, 0.05) is 12.6 Å². The molecule has 0 aromatic heterocycles. The number of nitrogens with one attached hydrogen (secondary N) is 1. The number of hydrogen-bond acceptors (Lipinski definition) is 3. The first-order valence-corrected chi connectivity index (χ1v) is 6.10. The second-order valence-corrected chi connectivity index (χ2v) is 4.87. The first-order valence-electron chi connectivity index (χ1n) is 6.10. The zero-order valence-electron chi connectivity index (χ0n) is 10.9. The molecule has 2 rings (SSSR count). The summed E-state index contributed by atoms with van der Waals surface area (Å²) < 4.78 is 10.6. The van der Waals surface area contributed by atoms with Gasteiger partial charge in [0.2, 0.25) is 0 Å². The molecular formula is C14H21NO2. The molecule has 0 amide bonds. The van der Waals surface area contributed by atoms with Crippen LogP contribution in [0.3, 0.4) is 0 Å². The van der Waals surface area contributed by atoms with E-state index in [1.807, 2.05) is 6.07 Å². The summed E-state index contributed by atoms with van der Waals surface area (Å²) in [4.78, 5) is 0. The van der Waals surface area contributed by atoms with Gasteiger partial charge >= 0.3 is 0 Å². The predicted molar refractivity (Wildman–Crippen MR) is 68.3 cm³/mol. The Balaban J connectivity index is 2.35. The van der Waals surface area contributed by atoms with E-state index in [-0.39, 0.29) is 5.54 Å². The van der Waals surface area contributed by atoms with Gasteiger partial charge in [-0.1, -0.05) is 6.07 Å². The Kier molecular flexibility index (Phi) is 3.69. The minimum absolute atomic E-state index is 0.0804. The molecule has 94 valence electrons. The van der Waals surface area contributed by atoms with Crippen molar-refractivity contribution in [2.75, 3.05) is 20.8 Å². The first-order chi connectivity index (χ1) is 8.18. The Morgan fingerprint density at radius 2 is 2.12 bits per heavy atom. The van der Waals surface area contributed by atoms with Crippen molar-refractivity contribution in [1.82, 2.24) is 5.32 Å². The maximum absolute atomic E-state index is 5.36. The van der Waals surface area contributed by atoms with Crippen LogP contribution in [0.4, 0.5) is 0 Å². The summed E-state index contributed by atoms with van der Waals surface area (Å²) in [6.07, 6.45) is 2.40. The van der Waals surface area contributed by atoms with Gasteiger partial charge in [-0.25, -0.2) is 0 Å². The smallest absolute Gasteiger partial charge is 0.119 e. The highest BCUT2D eigenvalue weighted by Crippen LogP contribution is 2.33. The molecule has 1 atom stereocenters. The fraction of sp³-hybridized carbons (Fsp3) is 0.571. The molecule has 1 fully saturated rings. The fourth-order valence-electron chi connectivity index (χ4n) is 2.49. The maximum Gasteiger partial charge on any atom is 0.119 e. The molecule has 0 aliphatic carbocycles. The summed E-state index contributed by atoms with van der Waals surface area (Å²) in [7, 11) is 3.43. The van der Waals surface area contributed by atoms with Crippen LogP contribution in [0.1, 0.15) is 30.9 Å². The van der Waals surface area contributed by atoms with Crippen molar-refractivity contribution in [1.29, 1.82) is 0 Å². The molecule has 1 heterocycles. The van der Waals surface area contributed by atoms with E-state index in [1.165, 1.54) is 18.4 Å². The molecule has 0 saturated carbocycles. The molecule has 1 N–H and O–H groups in total. The van der Waals surface area contributed by atoms with Crippen LogP contribution in [-0.4, -0.2) is 20.8 Å². The van der Waals surface area contributed by atoms with Crippen LogP contribution >= 0.6 is 0 Å². The third-order valence-corrected chi connectivity index (χ3v) is 3.52. The third-order valence-electron chi connectivity index (χ3n) is 3.52. The van der Waals surface area contributed by atoms with Crippen LogP contribution in [0.15, 0.2) is 18.2 Å². The van der Waals surface area contributed by atoms with Crippen molar-refractivity contribution < 1.29 is 9.47 Å². The van der Waals surface area contributed by atoms with Crippen molar-refractivity contribution in [3.05, 3.63) is 29.3 Å². The Morgan fingerprint density at radius 1 is 1.29 bits per heavy atom. The van der Waals surface area contributed by atoms with E-state index in [1.54, 1.807) is 14.2 Å². The zero-order valence-corrected chi connectivity index (χ0v) is 10.9. The highest BCUT2D eigenvalue weighted by atomic mass is 16.5. The van der Waals surface area contributed by atoms with Gasteiger partial charge in [-0.3, -0.25) is 0 Å². The molecule has 1 aromatic rings. The second-order valence-electron chi connectivity index (χ2n) is 4.87. The van der Waals surface area contributed by atoms with Gasteiger partial charge < -0.3 is 14.8 Å². The quantitative estimate of drug-likeness (QED) is 0.869. The standard InChI is InChI=1S/C14H21NO2/c1-14(5-4-6-15-14)12-7-11(10-16-2)8-13(9-12)17-3/h7-9,15H,4-6,10H2,1-3H3. The van der Waals surface area contributed by atoms with Crippen molar-refractivity contribution in [2.45, 2.75) is 31.9 Å². The summed E-state index contributed by atoms with van der Waals surface area (Å²) in [6, 6.07) is 6.37. The van der Waals surface area contributed by atoms with E-state index in [0.717, 1.165) is 17.9 Å². The van der Waals surface area contributed by atoms with E-state index in [0.29, 0.717) is 6.61 Å². The molecule has 17 heavy (non-hydrogen) atoms. The van der Waals surface area contributed by atoms with Crippen LogP contribution in [0.2, 0.25) is 0 Å². The van der Waals surface area contributed by atoms with Crippen molar-refractivity contribution in [3.8, 4) is 5.75 Å². The van der Waals surface area contributed by atoms with Gasteiger partial charge in [-0.05, 0) is 49.6 Å². The van der Waals surface area contributed by atoms with Gasteiger partial charge in [-0.2, -0.15) is 0 Å². The molecule has 3 nitrogen and oxygen atoms in total. The summed E-state index contributed by atoms with van der Waals surface area (Å²) in [6.45, 7) is 3.97. The predicted octanol–water partition coefficient (Wildman–Crippen LogP) is 2.44. The Hall–Kier alpha value is -1.06. The Morgan fingerprint density at radius 3 is 2.71 bits per heavy atom. The van der Waals surface area contributed by atoms with Gasteiger partial charge in [0.05, 0.1) is 13.7 Å². The molecule has 0 radical (unpaired) electrons. The normalized spacial score (nSPS) is 23.9. The van der Waals surface area contributed by atoms with Crippen LogP contribution in [0.25, 0.3) is 0 Å². The largest absolute Gasteiger partial charge is 0.497 e. The average Bonchev–Trinajstić information content (AvgIpc) is 2.77. The van der Waals surface area contributed by atoms with Gasteiger partial charge in [0.1, 0.15) is 5.75 Å². The lowest BCUT2D eigenvalue weighted by Gasteiger charge is -2.26. The Bertz CT molecular complexity index is 384. The number of ether oxygens (including phenoxy) is 2. The number of rotatable bonds is 4. The highest BCUT2D eigenvalue weighted by Gasteiger charge is 2.30. The monoisotopic (exact) mass is 235 g/mol. The summed E-state index contributed by atoms with van der Waals surface area (Å²) >= 11 is 0. The van der Waals surface area contributed by atoms with Crippen LogP contribution in [0.5, 0.6) is 5.75 Å². The maximum atomic E-state index is 5.36. The van der Waals surface area contributed by atoms with Crippen LogP contribution in [0, 0.1) is 0 Å². The van der Waals surface area contributed by atoms with Crippen molar-refractivity contribution in [3.63, 3.8) is 0 Å². The fourth-order valence-corrected chi connectivity index (χ4v) is 2.49.